The summed E-state index contributed by atoms with van der Waals surface area (Å²) >= 11 is 0. The Morgan fingerprint density at radius 1 is 1.56 bits per heavy atom. The van der Waals surface area contributed by atoms with E-state index >= 15 is 0 Å². The van der Waals surface area contributed by atoms with E-state index < -0.39 is 0 Å². The summed E-state index contributed by atoms with van der Waals surface area (Å²) in [6.45, 7) is 6.20. The normalized spacial score (nSPS) is 14.9. The summed E-state index contributed by atoms with van der Waals surface area (Å²) in [5.41, 5.74) is 9.28. The molecular formula is C14H19N3O. The molecule has 1 aliphatic heterocycles. The molecule has 2 rings (SSSR count). The summed E-state index contributed by atoms with van der Waals surface area (Å²) in [7, 11) is 0. The number of nitrogens with zero attached hydrogens (tertiary/aromatic N) is 1. The molecule has 0 aromatic heterocycles. The van der Waals surface area contributed by atoms with Crippen LogP contribution in [0.15, 0.2) is 30.9 Å². The molecule has 0 radical (unpaired) electrons. The van der Waals surface area contributed by atoms with E-state index in [1.165, 1.54) is 11.1 Å². The van der Waals surface area contributed by atoms with Gasteiger partial charge in [0.25, 0.3) is 0 Å². The molecule has 0 bridgehead atoms. The smallest absolute Gasteiger partial charge is 0.234 e. The number of fused-ring (bicyclic) bond motifs is 1. The fraction of sp³-hybridized carbons (Fsp3) is 0.357. The average Bonchev–Trinajstić information content (AvgIpc) is 2.36. The highest BCUT2D eigenvalue weighted by atomic mass is 16.2. The van der Waals surface area contributed by atoms with E-state index in [9.17, 15) is 4.79 Å². The summed E-state index contributed by atoms with van der Waals surface area (Å²) < 4.78 is 0. The lowest BCUT2D eigenvalue weighted by Crippen LogP contribution is -2.40. The molecule has 0 unspecified atom stereocenters. The van der Waals surface area contributed by atoms with Crippen molar-refractivity contribution in [3.63, 3.8) is 0 Å². The van der Waals surface area contributed by atoms with Crippen molar-refractivity contribution in [1.29, 1.82) is 0 Å². The van der Waals surface area contributed by atoms with Crippen molar-refractivity contribution in [1.82, 2.24) is 10.2 Å². The Bertz CT molecular complexity index is 456. The number of carbonyl (C=O) groups excluding carboxylic acids is 1. The molecule has 3 N–H and O–H groups in total. The zero-order valence-electron chi connectivity index (χ0n) is 10.5. The van der Waals surface area contributed by atoms with E-state index in [0.717, 1.165) is 25.2 Å². The number of nitrogen functional groups attached to an aromatic ring is 1. The number of hydrogen-bond donors (Lipinski definition) is 2. The molecule has 4 nitrogen and oxygen atoms in total. The van der Waals surface area contributed by atoms with Crippen LogP contribution in [-0.4, -0.2) is 30.4 Å². The highest BCUT2D eigenvalue weighted by molar-refractivity contribution is 5.78. The third-order valence-electron chi connectivity index (χ3n) is 3.19. The second kappa shape index (κ2) is 5.69. The van der Waals surface area contributed by atoms with E-state index in [2.05, 4.69) is 22.9 Å². The van der Waals surface area contributed by atoms with Crippen LogP contribution in [0.3, 0.4) is 0 Å². The number of amides is 1. The minimum absolute atomic E-state index is 0.0438. The zero-order chi connectivity index (χ0) is 13.0. The first-order valence-corrected chi connectivity index (χ1v) is 6.17. The molecule has 1 heterocycles. The zero-order valence-corrected chi connectivity index (χ0v) is 10.5. The van der Waals surface area contributed by atoms with E-state index in [1.807, 2.05) is 12.1 Å². The lowest BCUT2D eigenvalue weighted by atomic mass is 9.98. The summed E-state index contributed by atoms with van der Waals surface area (Å²) in [5.74, 6) is 0.0438. The van der Waals surface area contributed by atoms with Gasteiger partial charge in [0.1, 0.15) is 0 Å². The standard InChI is InChI=1S/C14H19N3O/c1-2-7-16-14(18)10-17-8-6-12-11(9-17)4-3-5-13(12)15/h2-5H,1,6-10,15H2,(H,16,18). The fourth-order valence-corrected chi connectivity index (χ4v) is 2.28. The first kappa shape index (κ1) is 12.6. The lowest BCUT2D eigenvalue weighted by Gasteiger charge is -2.28. The topological polar surface area (TPSA) is 58.4 Å². The van der Waals surface area contributed by atoms with Crippen molar-refractivity contribution >= 4 is 11.6 Å². The van der Waals surface area contributed by atoms with Crippen molar-refractivity contribution in [3.05, 3.63) is 42.0 Å². The first-order chi connectivity index (χ1) is 8.70. The largest absolute Gasteiger partial charge is 0.398 e. The minimum Gasteiger partial charge on any atom is -0.398 e. The predicted molar refractivity (Wildman–Crippen MR) is 73.0 cm³/mol. The Labute approximate surface area is 107 Å². The molecule has 18 heavy (non-hydrogen) atoms. The van der Waals surface area contributed by atoms with Crippen molar-refractivity contribution in [3.8, 4) is 0 Å². The highest BCUT2D eigenvalue weighted by Gasteiger charge is 2.19. The lowest BCUT2D eigenvalue weighted by molar-refractivity contribution is -0.122. The number of benzene rings is 1. The van der Waals surface area contributed by atoms with Gasteiger partial charge < -0.3 is 11.1 Å². The van der Waals surface area contributed by atoms with E-state index in [-0.39, 0.29) is 5.91 Å². The van der Waals surface area contributed by atoms with Gasteiger partial charge in [0, 0.05) is 25.3 Å². The first-order valence-electron chi connectivity index (χ1n) is 6.17. The molecular weight excluding hydrogens is 226 g/mol. The molecule has 4 heteroatoms. The number of nitrogens with two attached hydrogens (primary N) is 1. The second-order valence-electron chi connectivity index (χ2n) is 4.54. The number of hydrogen-bond acceptors (Lipinski definition) is 3. The van der Waals surface area contributed by atoms with E-state index in [0.29, 0.717) is 13.1 Å². The number of rotatable bonds is 4. The van der Waals surface area contributed by atoms with Gasteiger partial charge in [-0.25, -0.2) is 0 Å². The Kier molecular flexibility index (Phi) is 3.99. The molecule has 1 aromatic rings. The second-order valence-corrected chi connectivity index (χ2v) is 4.54. The van der Waals surface area contributed by atoms with Crippen LogP contribution in [0, 0.1) is 0 Å². The van der Waals surface area contributed by atoms with Gasteiger partial charge in [0.05, 0.1) is 6.54 Å². The van der Waals surface area contributed by atoms with Gasteiger partial charge >= 0.3 is 0 Å². The monoisotopic (exact) mass is 245 g/mol. The van der Waals surface area contributed by atoms with E-state index in [1.54, 1.807) is 6.08 Å². The van der Waals surface area contributed by atoms with Gasteiger partial charge in [0.15, 0.2) is 0 Å². The van der Waals surface area contributed by atoms with Gasteiger partial charge in [-0.05, 0) is 23.6 Å². The number of nitrogens with one attached hydrogen (secondary N) is 1. The average molecular weight is 245 g/mol. The third kappa shape index (κ3) is 2.90. The Morgan fingerprint density at radius 3 is 3.17 bits per heavy atom. The summed E-state index contributed by atoms with van der Waals surface area (Å²) in [6.07, 6.45) is 2.60. The molecule has 1 amide bonds. The maximum Gasteiger partial charge on any atom is 0.234 e. The van der Waals surface area contributed by atoms with Crippen LogP contribution in [0.1, 0.15) is 11.1 Å². The van der Waals surface area contributed by atoms with Gasteiger partial charge in [0.2, 0.25) is 5.91 Å². The maximum atomic E-state index is 11.6. The minimum atomic E-state index is 0.0438. The van der Waals surface area contributed by atoms with Crippen LogP contribution in [-0.2, 0) is 17.8 Å². The molecule has 0 aliphatic carbocycles. The molecule has 96 valence electrons. The fourth-order valence-electron chi connectivity index (χ4n) is 2.28. The van der Waals surface area contributed by atoms with Crippen LogP contribution in [0.5, 0.6) is 0 Å². The molecule has 0 saturated heterocycles. The van der Waals surface area contributed by atoms with Crippen LogP contribution >= 0.6 is 0 Å². The summed E-state index contributed by atoms with van der Waals surface area (Å²) in [5, 5.41) is 2.79. The Balaban J connectivity index is 1.96. The highest BCUT2D eigenvalue weighted by Crippen LogP contribution is 2.23. The number of anilines is 1. The van der Waals surface area contributed by atoms with Crippen molar-refractivity contribution in [2.75, 3.05) is 25.4 Å². The predicted octanol–water partition coefficient (Wildman–Crippen LogP) is 0.929. The Hall–Kier alpha value is -1.81. The SMILES string of the molecule is C=CCNC(=O)CN1CCc2c(N)cccc2C1. The summed E-state index contributed by atoms with van der Waals surface area (Å²) in [4.78, 5) is 13.8. The van der Waals surface area contributed by atoms with Crippen LogP contribution < -0.4 is 11.1 Å². The molecule has 0 saturated carbocycles. The third-order valence-corrected chi connectivity index (χ3v) is 3.19. The number of carbonyl (C=O) groups is 1. The molecule has 1 aromatic carbocycles. The van der Waals surface area contributed by atoms with Gasteiger partial charge in [-0.3, -0.25) is 9.69 Å². The van der Waals surface area contributed by atoms with Crippen molar-refractivity contribution < 1.29 is 4.79 Å². The van der Waals surface area contributed by atoms with Gasteiger partial charge in [-0.1, -0.05) is 18.2 Å². The van der Waals surface area contributed by atoms with Crippen LogP contribution in [0.25, 0.3) is 0 Å². The maximum absolute atomic E-state index is 11.6. The quantitative estimate of drug-likeness (QED) is 0.613. The van der Waals surface area contributed by atoms with Gasteiger partial charge in [-0.15, -0.1) is 6.58 Å². The van der Waals surface area contributed by atoms with Crippen molar-refractivity contribution in [2.24, 2.45) is 0 Å². The van der Waals surface area contributed by atoms with Crippen molar-refractivity contribution in [2.45, 2.75) is 13.0 Å². The Morgan fingerprint density at radius 2 is 2.39 bits per heavy atom. The van der Waals surface area contributed by atoms with Gasteiger partial charge in [-0.2, -0.15) is 0 Å². The molecule has 0 atom stereocenters. The van der Waals surface area contributed by atoms with Crippen LogP contribution in [0.2, 0.25) is 0 Å². The van der Waals surface area contributed by atoms with E-state index in [4.69, 9.17) is 5.73 Å². The molecule has 0 fully saturated rings. The molecule has 1 aliphatic rings. The molecule has 0 spiro atoms. The van der Waals surface area contributed by atoms with Crippen LogP contribution in [0.4, 0.5) is 5.69 Å². The summed E-state index contributed by atoms with van der Waals surface area (Å²) in [6, 6.07) is 5.99.